The van der Waals surface area contributed by atoms with Crippen LogP contribution in [0.15, 0.2) is 60.7 Å². The second-order valence-electron chi connectivity index (χ2n) is 14.3. The van der Waals surface area contributed by atoms with E-state index in [1.807, 2.05) is 13.8 Å². The van der Waals surface area contributed by atoms with E-state index in [-0.39, 0.29) is 93.7 Å². The summed E-state index contributed by atoms with van der Waals surface area (Å²) in [6.07, 6.45) is 0.545. The zero-order valence-corrected chi connectivity index (χ0v) is 36.2. The number of aliphatic carboxylic acids is 1. The Kier molecular flexibility index (Phi) is 21.5. The molecule has 5 atom stereocenters. The summed E-state index contributed by atoms with van der Waals surface area (Å²) >= 11 is 0. The van der Waals surface area contributed by atoms with E-state index in [1.165, 1.54) is 4.90 Å². The van der Waals surface area contributed by atoms with E-state index >= 15 is 0 Å². The Balaban J connectivity index is 0.0000120. The Labute approximate surface area is 365 Å². The van der Waals surface area contributed by atoms with Gasteiger partial charge >= 0.3 is 41.6 Å². The molecule has 0 radical (unpaired) electrons. The summed E-state index contributed by atoms with van der Waals surface area (Å²) in [6.45, 7) is 3.67. The molecule has 1 fully saturated rings. The van der Waals surface area contributed by atoms with Crippen LogP contribution in [-0.4, -0.2) is 114 Å². The minimum absolute atomic E-state index is 0. The van der Waals surface area contributed by atoms with Gasteiger partial charge < -0.3 is 46.9 Å². The number of carbonyl (C=O) groups excluding carboxylic acids is 6. The largest absolute Gasteiger partial charge is 1.00 e. The van der Waals surface area contributed by atoms with Crippen molar-refractivity contribution in [2.24, 2.45) is 11.7 Å². The van der Waals surface area contributed by atoms with Gasteiger partial charge in [0, 0.05) is 25.9 Å². The van der Waals surface area contributed by atoms with Crippen LogP contribution in [0.25, 0.3) is 0 Å². The van der Waals surface area contributed by atoms with Gasteiger partial charge in [-0.3, -0.25) is 33.0 Å². The molecular weight excluding hydrogens is 802 g/mol. The van der Waals surface area contributed by atoms with E-state index in [9.17, 15) is 51.6 Å². The molecule has 2 aromatic rings. The smallest absolute Gasteiger partial charge is 0.726 e. The van der Waals surface area contributed by atoms with E-state index < -0.39 is 88.6 Å². The topological polar surface area (TPSA) is 296 Å². The van der Waals surface area contributed by atoms with Crippen molar-refractivity contribution in [1.29, 1.82) is 0 Å². The Morgan fingerprint density at radius 3 is 1.88 bits per heavy atom. The summed E-state index contributed by atoms with van der Waals surface area (Å²) in [5.74, 6) is -5.31. The molecule has 7 amide bonds. The molecule has 19 nitrogen and oxygen atoms in total. The van der Waals surface area contributed by atoms with Crippen LogP contribution in [0, 0.1) is 5.92 Å². The quantitative estimate of drug-likeness (QED) is 0.0253. The number of carboxylic acids is 1. The number of carboxylic acid groups (broad SMARTS) is 1. The van der Waals surface area contributed by atoms with E-state index in [0.717, 1.165) is 0 Å². The molecule has 21 heteroatoms. The fourth-order valence-electron chi connectivity index (χ4n) is 6.32. The molecule has 0 aromatic heterocycles. The summed E-state index contributed by atoms with van der Waals surface area (Å²) in [7, 11) is -4.82. The standard InChI is InChI=1S/C38H53N7O12S.Na/c1-24(2)20-30(44-38(53)40-17-9-10-19-57-58(54,55)56)37(52)45-18-11-16-31(45)36(51)43-29(22-26-14-7-4-8-15-26)35(50)42-28(21-25-12-5-3-6-13-25)34(49)41-27(33(39)48)23-32(46)47;/h3-8,12-15,24,27-31H,9-11,16-23H2,1-2H3,(H2,39,48)(H,41,49)(H,42,50)(H,43,51)(H,46,47)(H2,40,44,53)(H,54,55,56);/q;+1/p-1/t27-,28-,29-,30-,31-;/m0./s1. The number of nitrogens with two attached hydrogens (primary N) is 1. The number of hydrogen-bond donors (Lipinski definition) is 7. The maximum absolute atomic E-state index is 14.1. The van der Waals surface area contributed by atoms with Gasteiger partial charge in [-0.05, 0) is 49.1 Å². The van der Waals surface area contributed by atoms with Gasteiger partial charge in [-0.2, -0.15) is 0 Å². The second-order valence-corrected chi connectivity index (χ2v) is 15.3. The summed E-state index contributed by atoms with van der Waals surface area (Å²) in [6, 6.07) is 10.5. The number of nitrogens with zero attached hydrogens (tertiary/aromatic N) is 1. The van der Waals surface area contributed by atoms with Crippen LogP contribution in [-0.2, 0) is 56.2 Å². The molecule has 0 spiro atoms. The van der Waals surface area contributed by atoms with Gasteiger partial charge in [-0.1, -0.05) is 74.5 Å². The number of nitrogens with one attached hydrogen (secondary N) is 5. The molecule has 2 aromatic carbocycles. The normalized spacial score (nSPS) is 15.7. The van der Waals surface area contributed by atoms with Gasteiger partial charge in [0.25, 0.3) is 0 Å². The first-order valence-corrected chi connectivity index (χ1v) is 20.2. The van der Waals surface area contributed by atoms with Crippen LogP contribution in [0.4, 0.5) is 4.79 Å². The van der Waals surface area contributed by atoms with Gasteiger partial charge in [0.1, 0.15) is 30.2 Å². The number of benzene rings is 2. The summed E-state index contributed by atoms with van der Waals surface area (Å²) < 4.78 is 35.9. The maximum atomic E-state index is 14.1. The molecule has 0 aliphatic carbocycles. The molecule has 8 N–H and O–H groups in total. The van der Waals surface area contributed by atoms with Crippen LogP contribution >= 0.6 is 0 Å². The van der Waals surface area contributed by atoms with Gasteiger partial charge in [0.05, 0.1) is 13.0 Å². The average Bonchev–Trinajstić information content (AvgIpc) is 3.65. The molecule has 0 bridgehead atoms. The van der Waals surface area contributed by atoms with E-state index in [4.69, 9.17) is 5.73 Å². The van der Waals surface area contributed by atoms with Crippen LogP contribution in [0.3, 0.4) is 0 Å². The second kappa shape index (κ2) is 25.1. The molecule has 1 aliphatic heterocycles. The Hall–Kier alpha value is -4.60. The van der Waals surface area contributed by atoms with E-state index in [1.54, 1.807) is 60.7 Å². The zero-order valence-electron chi connectivity index (χ0n) is 33.4. The predicted molar refractivity (Wildman–Crippen MR) is 207 cm³/mol. The zero-order chi connectivity index (χ0) is 42.8. The number of urea groups is 1. The third-order valence-electron chi connectivity index (χ3n) is 9.10. The number of unbranched alkanes of at least 4 members (excludes halogenated alkanes) is 1. The Bertz CT molecular complexity index is 1840. The van der Waals surface area contributed by atoms with Crippen molar-refractivity contribution in [3.8, 4) is 0 Å². The average molecular weight is 854 g/mol. The Morgan fingerprint density at radius 2 is 1.37 bits per heavy atom. The molecule has 1 saturated heterocycles. The van der Waals surface area contributed by atoms with Gasteiger partial charge in [-0.15, -0.1) is 0 Å². The van der Waals surface area contributed by atoms with E-state index in [2.05, 4.69) is 30.8 Å². The first-order valence-electron chi connectivity index (χ1n) is 18.9. The van der Waals surface area contributed by atoms with Crippen LogP contribution < -0.4 is 61.9 Å². The minimum Gasteiger partial charge on any atom is -0.726 e. The Morgan fingerprint density at radius 1 is 0.831 bits per heavy atom. The number of likely N-dealkylation sites (tertiary alicyclic amines) is 1. The van der Waals surface area contributed by atoms with Gasteiger partial charge in [-0.25, -0.2) is 13.2 Å². The molecule has 1 aliphatic rings. The monoisotopic (exact) mass is 853 g/mol. The van der Waals surface area contributed by atoms with Gasteiger partial charge in [0.15, 0.2) is 0 Å². The van der Waals surface area contributed by atoms with E-state index in [0.29, 0.717) is 17.5 Å². The maximum Gasteiger partial charge on any atom is 1.00 e. The van der Waals surface area contributed by atoms with Crippen molar-refractivity contribution in [3.05, 3.63) is 71.8 Å². The van der Waals surface area contributed by atoms with Crippen molar-refractivity contribution in [3.63, 3.8) is 0 Å². The fourth-order valence-corrected chi connectivity index (χ4v) is 6.65. The molecule has 0 saturated carbocycles. The molecule has 3 rings (SSSR count). The summed E-state index contributed by atoms with van der Waals surface area (Å²) in [4.78, 5) is 93.1. The van der Waals surface area contributed by atoms with Crippen molar-refractivity contribution in [2.45, 2.75) is 95.4 Å². The SMILES string of the molecule is CC(C)C[C@H](NC(=O)NCCCCOS(=O)(=O)[O-])C(=O)N1CCC[C@H]1C(=O)N[C@@H](Cc1ccccc1)C(=O)N[C@@H](Cc1ccccc1)C(=O)N[C@@H](CC(=O)O)C(N)=O.[Na+]. The third kappa shape index (κ3) is 18.5. The van der Waals surface area contributed by atoms with Crippen LogP contribution in [0.1, 0.15) is 63.5 Å². The van der Waals surface area contributed by atoms with Crippen molar-refractivity contribution >= 4 is 51.9 Å². The van der Waals surface area contributed by atoms with Gasteiger partial charge in [0.2, 0.25) is 39.9 Å². The predicted octanol–water partition coefficient (Wildman–Crippen LogP) is -3.15. The molecular formula is C38H52N7NaO12S. The summed E-state index contributed by atoms with van der Waals surface area (Å²) in [5, 5.41) is 22.2. The number of amides is 7. The first-order chi connectivity index (χ1) is 27.4. The number of hydrogen-bond acceptors (Lipinski definition) is 11. The van der Waals surface area contributed by atoms with Crippen LogP contribution in [0.5, 0.6) is 0 Å². The number of rotatable bonds is 23. The molecule has 318 valence electrons. The summed E-state index contributed by atoms with van der Waals surface area (Å²) in [5.41, 5.74) is 6.64. The number of carbonyl (C=O) groups is 7. The first kappa shape index (κ1) is 50.5. The fraction of sp³-hybridized carbons (Fsp3) is 0.500. The minimum atomic E-state index is -4.82. The van der Waals surface area contributed by atoms with Crippen molar-refractivity contribution in [2.75, 3.05) is 19.7 Å². The molecule has 1 heterocycles. The van der Waals surface area contributed by atoms with Crippen LogP contribution in [0.2, 0.25) is 0 Å². The molecule has 0 unspecified atom stereocenters. The third-order valence-corrected chi connectivity index (χ3v) is 9.56. The van der Waals surface area contributed by atoms with Crippen molar-refractivity contribution in [1.82, 2.24) is 31.5 Å². The number of primary amides is 1. The van der Waals surface area contributed by atoms with Crippen molar-refractivity contribution < 1.29 is 85.4 Å². The molecule has 59 heavy (non-hydrogen) atoms.